The number of rotatable bonds is 5. The van der Waals surface area contributed by atoms with Crippen LogP contribution in [0.4, 0.5) is 9.39 Å². The second kappa shape index (κ2) is 9.90. The van der Waals surface area contributed by atoms with Gasteiger partial charge in [-0.05, 0) is 80.5 Å². The summed E-state index contributed by atoms with van der Waals surface area (Å²) < 4.78 is 42.1. The highest BCUT2D eigenvalue weighted by Gasteiger charge is 2.34. The van der Waals surface area contributed by atoms with E-state index < -0.39 is 21.8 Å². The average Bonchev–Trinajstić information content (AvgIpc) is 3.49. The molecule has 6 nitrogen and oxygen atoms in total. The summed E-state index contributed by atoms with van der Waals surface area (Å²) in [5, 5.41) is 4.91. The lowest BCUT2D eigenvalue weighted by molar-refractivity contribution is -0.120. The fourth-order valence-electron chi connectivity index (χ4n) is 5.20. The number of anilines is 1. The van der Waals surface area contributed by atoms with E-state index in [2.05, 4.69) is 11.4 Å². The number of piperidine rings is 1. The monoisotopic (exact) mass is 555 g/mol. The van der Waals surface area contributed by atoms with E-state index in [0.717, 1.165) is 63.6 Å². The molecule has 3 heterocycles. The number of thiazole rings is 1. The molecule has 2 aromatic carbocycles. The Morgan fingerprint density at radius 3 is 2.62 bits per heavy atom. The Morgan fingerprint density at radius 2 is 1.81 bits per heavy atom. The Kier molecular flexibility index (Phi) is 6.60. The van der Waals surface area contributed by atoms with Gasteiger partial charge in [0.05, 0.1) is 21.0 Å². The van der Waals surface area contributed by atoms with E-state index in [-0.39, 0.29) is 17.3 Å². The van der Waals surface area contributed by atoms with Gasteiger partial charge in [-0.2, -0.15) is 4.31 Å². The van der Waals surface area contributed by atoms with Gasteiger partial charge < -0.3 is 5.32 Å². The SMILES string of the molecule is O=C(Nc1sc2c(c1-c1nc3ccccc3s1)CCCC2)C1CCCN(S(=O)(=O)c2ccc(F)cc2)C1. The van der Waals surface area contributed by atoms with Crippen LogP contribution in [0.25, 0.3) is 20.8 Å². The summed E-state index contributed by atoms with van der Waals surface area (Å²) >= 11 is 3.27. The highest BCUT2D eigenvalue weighted by atomic mass is 32.2. The van der Waals surface area contributed by atoms with Gasteiger partial charge in [0.1, 0.15) is 15.8 Å². The van der Waals surface area contributed by atoms with Crippen LogP contribution in [0.2, 0.25) is 0 Å². The molecule has 4 aromatic rings. The molecule has 0 radical (unpaired) electrons. The van der Waals surface area contributed by atoms with Gasteiger partial charge in [-0.15, -0.1) is 22.7 Å². The number of nitrogens with zero attached hydrogens (tertiary/aromatic N) is 2. The first-order valence-electron chi connectivity index (χ1n) is 12.5. The van der Waals surface area contributed by atoms with Crippen LogP contribution in [0.1, 0.15) is 36.1 Å². The van der Waals surface area contributed by atoms with Gasteiger partial charge in [-0.1, -0.05) is 12.1 Å². The number of benzene rings is 2. The van der Waals surface area contributed by atoms with Crippen molar-refractivity contribution >= 4 is 53.8 Å². The zero-order valence-electron chi connectivity index (χ0n) is 20.1. The third-order valence-corrected chi connectivity index (χ3v) is 11.3. The van der Waals surface area contributed by atoms with Gasteiger partial charge in [0.15, 0.2) is 0 Å². The zero-order valence-corrected chi connectivity index (χ0v) is 22.5. The van der Waals surface area contributed by atoms with E-state index in [1.807, 2.05) is 18.2 Å². The number of halogens is 1. The highest BCUT2D eigenvalue weighted by molar-refractivity contribution is 7.89. The lowest BCUT2D eigenvalue weighted by atomic mass is 9.95. The maximum Gasteiger partial charge on any atom is 0.243 e. The molecular weight excluding hydrogens is 530 g/mol. The van der Waals surface area contributed by atoms with Crippen molar-refractivity contribution in [3.8, 4) is 10.6 Å². The van der Waals surface area contributed by atoms with Gasteiger partial charge in [-0.3, -0.25) is 4.79 Å². The van der Waals surface area contributed by atoms with Crippen molar-refractivity contribution in [2.24, 2.45) is 5.92 Å². The number of carbonyl (C=O) groups is 1. The van der Waals surface area contributed by atoms with Gasteiger partial charge in [0.25, 0.3) is 0 Å². The second-order valence-corrected chi connectivity index (χ2v) is 13.6. The molecule has 0 saturated carbocycles. The number of sulfonamides is 1. The van der Waals surface area contributed by atoms with E-state index in [4.69, 9.17) is 4.98 Å². The smallest absolute Gasteiger partial charge is 0.243 e. The lowest BCUT2D eigenvalue weighted by Gasteiger charge is -2.31. The molecule has 1 N–H and O–H groups in total. The predicted molar refractivity (Wildman–Crippen MR) is 146 cm³/mol. The van der Waals surface area contributed by atoms with Crippen molar-refractivity contribution in [1.82, 2.24) is 9.29 Å². The Bertz CT molecular complexity index is 1540. The summed E-state index contributed by atoms with van der Waals surface area (Å²) in [6.45, 7) is 0.445. The molecule has 0 spiro atoms. The average molecular weight is 556 g/mol. The first kappa shape index (κ1) is 24.7. The Hall–Kier alpha value is -2.66. The quantitative estimate of drug-likeness (QED) is 0.324. The number of thiophene rings is 1. The maximum absolute atomic E-state index is 13.5. The third kappa shape index (κ3) is 4.71. The molecule has 192 valence electrons. The minimum atomic E-state index is -3.81. The molecule has 37 heavy (non-hydrogen) atoms. The van der Waals surface area contributed by atoms with E-state index in [1.165, 1.54) is 26.9 Å². The number of hydrogen-bond donors (Lipinski definition) is 1. The summed E-state index contributed by atoms with van der Waals surface area (Å²) in [6, 6.07) is 12.9. The number of para-hydroxylation sites is 1. The third-order valence-electron chi connectivity index (χ3n) is 7.12. The number of carbonyl (C=O) groups excluding carboxylic acids is 1. The summed E-state index contributed by atoms with van der Waals surface area (Å²) in [5.41, 5.74) is 3.26. The van der Waals surface area contributed by atoms with Crippen LogP contribution in [-0.2, 0) is 27.7 Å². The summed E-state index contributed by atoms with van der Waals surface area (Å²) in [7, 11) is -3.81. The number of nitrogens with one attached hydrogen (secondary N) is 1. The Morgan fingerprint density at radius 1 is 1.03 bits per heavy atom. The van der Waals surface area contributed by atoms with Crippen molar-refractivity contribution in [2.75, 3.05) is 18.4 Å². The van der Waals surface area contributed by atoms with E-state index in [0.29, 0.717) is 19.4 Å². The molecule has 10 heteroatoms. The van der Waals surface area contributed by atoms with Crippen LogP contribution in [0, 0.1) is 11.7 Å². The maximum atomic E-state index is 13.5. The Labute approximate surface area is 223 Å². The van der Waals surface area contributed by atoms with E-state index in [1.54, 1.807) is 22.7 Å². The molecule has 1 saturated heterocycles. The lowest BCUT2D eigenvalue weighted by Crippen LogP contribution is -2.43. The number of aryl methyl sites for hydroxylation is 1. The van der Waals surface area contributed by atoms with Crippen molar-refractivity contribution in [2.45, 2.75) is 43.4 Å². The molecule has 1 atom stereocenters. The molecule has 1 fully saturated rings. The minimum absolute atomic E-state index is 0.0408. The van der Waals surface area contributed by atoms with Crippen LogP contribution in [0.3, 0.4) is 0 Å². The van der Waals surface area contributed by atoms with Gasteiger partial charge >= 0.3 is 0 Å². The number of aromatic nitrogens is 1. The normalized spacial score (nSPS) is 18.6. The number of hydrogen-bond acceptors (Lipinski definition) is 6. The second-order valence-electron chi connectivity index (χ2n) is 9.55. The molecule has 6 rings (SSSR count). The molecular formula is C27H26FN3O3S3. The first-order chi connectivity index (χ1) is 17.9. The molecule has 1 amide bonds. The number of amides is 1. The van der Waals surface area contributed by atoms with Gasteiger partial charge in [0.2, 0.25) is 15.9 Å². The molecule has 1 unspecified atom stereocenters. The zero-order chi connectivity index (χ0) is 25.6. The van der Waals surface area contributed by atoms with Crippen molar-refractivity contribution in [3.63, 3.8) is 0 Å². The van der Waals surface area contributed by atoms with Crippen LogP contribution >= 0.6 is 22.7 Å². The van der Waals surface area contributed by atoms with Crippen LogP contribution in [0.15, 0.2) is 53.4 Å². The van der Waals surface area contributed by atoms with Crippen LogP contribution in [0.5, 0.6) is 0 Å². The van der Waals surface area contributed by atoms with E-state index >= 15 is 0 Å². The van der Waals surface area contributed by atoms with E-state index in [9.17, 15) is 17.6 Å². The highest BCUT2D eigenvalue weighted by Crippen LogP contribution is 2.46. The number of fused-ring (bicyclic) bond motifs is 2. The fraction of sp³-hybridized carbons (Fsp3) is 0.333. The largest absolute Gasteiger partial charge is 0.317 e. The molecule has 2 aliphatic rings. The van der Waals surface area contributed by atoms with Crippen LogP contribution in [-0.4, -0.2) is 36.7 Å². The molecule has 2 aromatic heterocycles. The topological polar surface area (TPSA) is 79.4 Å². The van der Waals surface area contributed by atoms with Crippen molar-refractivity contribution in [1.29, 1.82) is 0 Å². The van der Waals surface area contributed by atoms with Gasteiger partial charge in [-0.25, -0.2) is 17.8 Å². The van der Waals surface area contributed by atoms with Crippen LogP contribution < -0.4 is 5.32 Å². The van der Waals surface area contributed by atoms with Gasteiger partial charge in [0, 0.05) is 23.5 Å². The molecule has 1 aliphatic carbocycles. The molecule has 1 aliphatic heterocycles. The van der Waals surface area contributed by atoms with Crippen molar-refractivity contribution < 1.29 is 17.6 Å². The first-order valence-corrected chi connectivity index (χ1v) is 15.5. The fourth-order valence-corrected chi connectivity index (χ4v) is 9.13. The minimum Gasteiger partial charge on any atom is -0.317 e. The predicted octanol–water partition coefficient (Wildman–Crippen LogP) is 6.08. The standard InChI is InChI=1S/C27H26FN3O3S3/c28-18-11-13-19(14-12-18)37(33,34)31-15-5-6-17(16-31)25(32)30-27-24(20-7-1-3-9-22(20)35-27)26-29-21-8-2-4-10-23(21)36-26/h2,4,8,10-14,17H,1,3,5-7,9,15-16H2,(H,30,32). The summed E-state index contributed by atoms with van der Waals surface area (Å²) in [4.78, 5) is 19.7. The van der Waals surface area contributed by atoms with Crippen molar-refractivity contribution in [3.05, 3.63) is 64.8 Å². The summed E-state index contributed by atoms with van der Waals surface area (Å²) in [5.74, 6) is -1.12. The Balaban J connectivity index is 1.27. The molecule has 0 bridgehead atoms. The summed E-state index contributed by atoms with van der Waals surface area (Å²) in [6.07, 6.45) is 5.43.